The number of methoxy groups -OCH3 is 3. The predicted octanol–water partition coefficient (Wildman–Crippen LogP) is 2.50. The fourth-order valence-electron chi connectivity index (χ4n) is 2.32. The molecule has 10 heteroatoms. The maximum absolute atomic E-state index is 12.3. The number of esters is 2. The molecule has 0 spiro atoms. The summed E-state index contributed by atoms with van der Waals surface area (Å²) >= 11 is 5.90. The maximum atomic E-state index is 12.3. The van der Waals surface area contributed by atoms with E-state index in [2.05, 4.69) is 20.1 Å². The summed E-state index contributed by atoms with van der Waals surface area (Å²) in [7, 11) is 3.72. The Labute approximate surface area is 170 Å². The van der Waals surface area contributed by atoms with Crippen molar-refractivity contribution < 1.29 is 33.4 Å². The van der Waals surface area contributed by atoms with Crippen molar-refractivity contribution in [2.45, 2.75) is 0 Å². The van der Waals surface area contributed by atoms with Crippen LogP contribution in [0.5, 0.6) is 5.75 Å². The minimum absolute atomic E-state index is 0.0540. The van der Waals surface area contributed by atoms with E-state index >= 15 is 0 Å². The van der Waals surface area contributed by atoms with Crippen LogP contribution in [-0.4, -0.2) is 45.1 Å². The van der Waals surface area contributed by atoms with Gasteiger partial charge in [0.25, 0.3) is 0 Å². The fourth-order valence-corrected chi connectivity index (χ4v) is 2.49. The standard InChI is InChI=1S/C19H17ClN2O7/c1-27-15-7-5-11(20)9-14(15)22-17(24)16(23)21-13-8-10(18(25)28-2)4-6-12(13)19(26)29-3/h4-9H,1-3H3,(H,21,23)(H,22,24). The predicted molar refractivity (Wildman–Crippen MR) is 104 cm³/mol. The maximum Gasteiger partial charge on any atom is 0.339 e. The van der Waals surface area contributed by atoms with Crippen LogP contribution in [-0.2, 0) is 19.1 Å². The second kappa shape index (κ2) is 9.56. The van der Waals surface area contributed by atoms with Gasteiger partial charge in [0.15, 0.2) is 0 Å². The lowest BCUT2D eigenvalue weighted by Crippen LogP contribution is -2.30. The van der Waals surface area contributed by atoms with Gasteiger partial charge in [-0.2, -0.15) is 0 Å². The van der Waals surface area contributed by atoms with Crippen LogP contribution in [0.3, 0.4) is 0 Å². The van der Waals surface area contributed by atoms with Gasteiger partial charge in [0.2, 0.25) is 0 Å². The van der Waals surface area contributed by atoms with Gasteiger partial charge in [-0.1, -0.05) is 11.6 Å². The van der Waals surface area contributed by atoms with E-state index in [1.165, 1.54) is 44.6 Å². The lowest BCUT2D eigenvalue weighted by Gasteiger charge is -2.13. The van der Waals surface area contributed by atoms with Crippen LogP contribution in [0, 0.1) is 0 Å². The second-order valence-electron chi connectivity index (χ2n) is 5.50. The number of benzene rings is 2. The summed E-state index contributed by atoms with van der Waals surface area (Å²) in [5, 5.41) is 4.97. The van der Waals surface area contributed by atoms with Crippen molar-refractivity contribution in [2.75, 3.05) is 32.0 Å². The van der Waals surface area contributed by atoms with Crippen molar-refractivity contribution in [2.24, 2.45) is 0 Å². The van der Waals surface area contributed by atoms with E-state index in [9.17, 15) is 19.2 Å². The molecule has 0 aromatic heterocycles. The van der Waals surface area contributed by atoms with Crippen molar-refractivity contribution >= 4 is 46.7 Å². The van der Waals surface area contributed by atoms with Gasteiger partial charge in [-0.05, 0) is 36.4 Å². The first-order valence-corrected chi connectivity index (χ1v) is 8.45. The Hall–Kier alpha value is -3.59. The average molecular weight is 421 g/mol. The number of carbonyl (C=O) groups excluding carboxylic acids is 4. The van der Waals surface area contributed by atoms with Crippen LogP contribution in [0.25, 0.3) is 0 Å². The average Bonchev–Trinajstić information content (AvgIpc) is 2.72. The van der Waals surface area contributed by atoms with Gasteiger partial charge in [-0.15, -0.1) is 0 Å². The summed E-state index contributed by atoms with van der Waals surface area (Å²) in [5.41, 5.74) is 0.0867. The first kappa shape index (κ1) is 21.7. The first-order valence-electron chi connectivity index (χ1n) is 8.07. The van der Waals surface area contributed by atoms with Crippen molar-refractivity contribution in [3.8, 4) is 5.75 Å². The molecule has 0 saturated heterocycles. The van der Waals surface area contributed by atoms with Gasteiger partial charge < -0.3 is 24.8 Å². The normalized spacial score (nSPS) is 9.93. The lowest BCUT2D eigenvalue weighted by molar-refractivity contribution is -0.133. The van der Waals surface area contributed by atoms with E-state index in [1.54, 1.807) is 6.07 Å². The highest BCUT2D eigenvalue weighted by molar-refractivity contribution is 6.44. The molecule has 2 aromatic rings. The molecule has 2 rings (SSSR count). The van der Waals surface area contributed by atoms with Gasteiger partial charge >= 0.3 is 23.8 Å². The molecule has 0 radical (unpaired) electrons. The third kappa shape index (κ3) is 5.23. The van der Waals surface area contributed by atoms with Crippen LogP contribution < -0.4 is 15.4 Å². The highest BCUT2D eigenvalue weighted by Gasteiger charge is 2.21. The van der Waals surface area contributed by atoms with E-state index in [0.717, 1.165) is 7.11 Å². The number of ether oxygens (including phenoxy) is 3. The van der Waals surface area contributed by atoms with E-state index in [1.807, 2.05) is 0 Å². The molecule has 0 fully saturated rings. The molecular weight excluding hydrogens is 404 g/mol. The van der Waals surface area contributed by atoms with Crippen LogP contribution in [0.4, 0.5) is 11.4 Å². The molecule has 2 N–H and O–H groups in total. The number of nitrogens with one attached hydrogen (secondary N) is 2. The molecule has 9 nitrogen and oxygen atoms in total. The van der Waals surface area contributed by atoms with Crippen LogP contribution in [0.15, 0.2) is 36.4 Å². The molecule has 0 heterocycles. The van der Waals surface area contributed by atoms with Crippen molar-refractivity contribution in [3.05, 3.63) is 52.5 Å². The van der Waals surface area contributed by atoms with E-state index in [0.29, 0.717) is 10.8 Å². The van der Waals surface area contributed by atoms with Gasteiger partial charge in [-0.25, -0.2) is 9.59 Å². The number of carbonyl (C=O) groups is 4. The van der Waals surface area contributed by atoms with Gasteiger partial charge in [0.05, 0.1) is 43.8 Å². The highest BCUT2D eigenvalue weighted by Crippen LogP contribution is 2.27. The van der Waals surface area contributed by atoms with Crippen molar-refractivity contribution in [1.29, 1.82) is 0 Å². The summed E-state index contributed by atoms with van der Waals surface area (Å²) in [5.74, 6) is -3.32. The monoisotopic (exact) mass is 420 g/mol. The lowest BCUT2D eigenvalue weighted by atomic mass is 10.1. The minimum Gasteiger partial charge on any atom is -0.495 e. The van der Waals surface area contributed by atoms with Crippen LogP contribution in [0.1, 0.15) is 20.7 Å². The Morgan fingerprint density at radius 2 is 1.41 bits per heavy atom. The zero-order valence-corrected chi connectivity index (χ0v) is 16.5. The molecule has 2 amide bonds. The quantitative estimate of drug-likeness (QED) is 0.563. The van der Waals surface area contributed by atoms with Gasteiger partial charge in [0.1, 0.15) is 5.75 Å². The topological polar surface area (TPSA) is 120 Å². The molecule has 0 unspecified atom stereocenters. The van der Waals surface area contributed by atoms with Gasteiger partial charge in [0, 0.05) is 5.02 Å². The summed E-state index contributed by atoms with van der Waals surface area (Å²) in [4.78, 5) is 48.3. The first-order chi connectivity index (χ1) is 13.8. The number of hydrogen-bond donors (Lipinski definition) is 2. The van der Waals surface area contributed by atoms with Crippen LogP contribution in [0.2, 0.25) is 5.02 Å². The molecule has 0 atom stereocenters. The largest absolute Gasteiger partial charge is 0.495 e. The molecule has 0 aliphatic carbocycles. The number of amides is 2. The third-order valence-corrected chi connectivity index (χ3v) is 3.95. The molecule has 29 heavy (non-hydrogen) atoms. The number of rotatable bonds is 5. The van der Waals surface area contributed by atoms with E-state index in [-0.39, 0.29) is 22.5 Å². The molecule has 0 bridgehead atoms. The van der Waals surface area contributed by atoms with E-state index < -0.39 is 23.8 Å². The molecule has 2 aromatic carbocycles. The van der Waals surface area contributed by atoms with Crippen LogP contribution >= 0.6 is 11.6 Å². The Morgan fingerprint density at radius 1 is 0.793 bits per heavy atom. The number of hydrogen-bond acceptors (Lipinski definition) is 7. The molecule has 0 aliphatic rings. The summed E-state index contributed by atoms with van der Waals surface area (Å²) in [6.07, 6.45) is 0. The summed E-state index contributed by atoms with van der Waals surface area (Å²) in [6.45, 7) is 0. The van der Waals surface area contributed by atoms with Crippen molar-refractivity contribution in [1.82, 2.24) is 0 Å². The Kier molecular flexibility index (Phi) is 7.15. The second-order valence-corrected chi connectivity index (χ2v) is 5.93. The molecule has 0 saturated carbocycles. The van der Waals surface area contributed by atoms with Gasteiger partial charge in [-0.3, -0.25) is 9.59 Å². The number of anilines is 2. The van der Waals surface area contributed by atoms with E-state index in [4.69, 9.17) is 16.3 Å². The molecule has 152 valence electrons. The Balaban J connectivity index is 2.28. The zero-order valence-electron chi connectivity index (χ0n) is 15.7. The third-order valence-electron chi connectivity index (χ3n) is 3.71. The SMILES string of the molecule is COC(=O)c1ccc(C(=O)OC)c(NC(=O)C(=O)Nc2cc(Cl)ccc2OC)c1. The van der Waals surface area contributed by atoms with Crippen molar-refractivity contribution in [3.63, 3.8) is 0 Å². The highest BCUT2D eigenvalue weighted by atomic mass is 35.5. The summed E-state index contributed by atoms with van der Waals surface area (Å²) < 4.78 is 14.4. The Bertz CT molecular complexity index is 975. The Morgan fingerprint density at radius 3 is 2.00 bits per heavy atom. The number of halogens is 1. The zero-order chi connectivity index (χ0) is 21.6. The minimum atomic E-state index is -1.10. The fraction of sp³-hybridized carbons (Fsp3) is 0.158. The molecule has 0 aliphatic heterocycles. The molecular formula is C19H17ClN2O7. The smallest absolute Gasteiger partial charge is 0.339 e. The summed E-state index contributed by atoms with van der Waals surface area (Å²) in [6, 6.07) is 8.27.